The van der Waals surface area contributed by atoms with Crippen LogP contribution in [0.3, 0.4) is 0 Å². The van der Waals surface area contributed by atoms with E-state index in [0.717, 1.165) is 76.1 Å². The van der Waals surface area contributed by atoms with E-state index in [1.807, 2.05) is 60.7 Å². The van der Waals surface area contributed by atoms with Gasteiger partial charge >= 0.3 is 17.1 Å². The molecule has 0 spiro atoms. The largest absolute Gasteiger partial charge is 2.00 e. The normalized spacial score (nSPS) is 12.0. The van der Waals surface area contributed by atoms with Gasteiger partial charge in [-0.2, -0.15) is 0 Å². The summed E-state index contributed by atoms with van der Waals surface area (Å²) in [7, 11) is 0. The maximum Gasteiger partial charge on any atom is 2.00 e. The Labute approximate surface area is 311 Å². The second kappa shape index (κ2) is 11.1. The van der Waals surface area contributed by atoms with Gasteiger partial charge in [0, 0.05) is 44.8 Å². The molecule has 1 radical (unpaired) electrons. The molecule has 10 aromatic rings. The second-order valence-corrected chi connectivity index (χ2v) is 13.3. The van der Waals surface area contributed by atoms with Gasteiger partial charge in [-0.15, -0.1) is 0 Å². The molecule has 0 amide bonds. The van der Waals surface area contributed by atoms with Gasteiger partial charge in [0.05, 0.1) is 23.3 Å². The minimum absolute atomic E-state index is 0. The van der Waals surface area contributed by atoms with Crippen molar-refractivity contribution < 1.29 is 17.1 Å². The molecule has 7 aromatic carbocycles. The first-order valence-corrected chi connectivity index (χ1v) is 17.1. The molecule has 12 rings (SSSR count). The van der Waals surface area contributed by atoms with E-state index in [1.165, 1.54) is 0 Å². The van der Waals surface area contributed by atoms with Crippen molar-refractivity contribution in [1.82, 2.24) is 39.9 Å². The third kappa shape index (κ3) is 4.48. The van der Waals surface area contributed by atoms with Crippen LogP contribution in [0.2, 0.25) is 0 Å². The van der Waals surface area contributed by atoms with Crippen molar-refractivity contribution in [2.45, 2.75) is 0 Å². The van der Waals surface area contributed by atoms with E-state index < -0.39 is 0 Å². The Hall–Kier alpha value is -6.80. The minimum atomic E-state index is 0. The molecule has 8 bridgehead atoms. The van der Waals surface area contributed by atoms with Crippen LogP contribution in [-0.4, -0.2) is 29.9 Å². The number of hydrogen-bond donors (Lipinski definition) is 0. The fourth-order valence-electron chi connectivity index (χ4n) is 7.67. The van der Waals surface area contributed by atoms with Crippen molar-refractivity contribution in [1.29, 1.82) is 0 Å². The quantitative estimate of drug-likeness (QED) is 0.142. The zero-order valence-corrected chi connectivity index (χ0v) is 28.5. The number of nitrogens with zero attached hydrogens (tertiary/aromatic N) is 8. The number of aromatic nitrogens is 8. The molecule has 0 saturated carbocycles. The van der Waals surface area contributed by atoms with Gasteiger partial charge < -0.3 is 29.9 Å². The van der Waals surface area contributed by atoms with Crippen LogP contribution >= 0.6 is 0 Å². The molecule has 249 valence electrons. The van der Waals surface area contributed by atoms with E-state index in [-0.39, 0.29) is 17.1 Å². The fraction of sp³-hybridized carbons (Fsp3) is 0. The summed E-state index contributed by atoms with van der Waals surface area (Å²) in [5, 5.41) is 10.1. The van der Waals surface area contributed by atoms with Gasteiger partial charge in [0.2, 0.25) is 0 Å². The number of hydrogen-bond acceptors (Lipinski definition) is 6. The van der Waals surface area contributed by atoms with Crippen LogP contribution in [0.25, 0.3) is 122 Å². The van der Waals surface area contributed by atoms with E-state index in [0.29, 0.717) is 45.9 Å². The topological polar surface area (TPSA) is 106 Å². The van der Waals surface area contributed by atoms with Gasteiger partial charge in [0.25, 0.3) is 0 Å². The molecule has 0 fully saturated rings. The van der Waals surface area contributed by atoms with Gasteiger partial charge in [0.15, 0.2) is 0 Å². The first kappa shape index (κ1) is 29.9. The Bertz CT molecular complexity index is 3160. The molecular formula is C44H22CuN8. The zero-order valence-electron chi connectivity index (χ0n) is 27.6. The number of rotatable bonds is 0. The van der Waals surface area contributed by atoms with Crippen molar-refractivity contribution >= 4 is 76.5 Å². The smallest absolute Gasteiger partial charge is 0.357 e. The predicted molar refractivity (Wildman–Crippen MR) is 207 cm³/mol. The van der Waals surface area contributed by atoms with Crippen LogP contribution in [-0.2, 0) is 17.1 Å². The van der Waals surface area contributed by atoms with E-state index in [2.05, 4.69) is 72.8 Å². The second-order valence-electron chi connectivity index (χ2n) is 13.3. The molecule has 3 aromatic heterocycles. The molecule has 5 heterocycles. The minimum Gasteiger partial charge on any atom is -0.357 e. The maximum atomic E-state index is 5.20. The molecule has 0 atom stereocenters. The third-order valence-corrected chi connectivity index (χ3v) is 10.2. The predicted octanol–water partition coefficient (Wildman–Crippen LogP) is 9.58. The van der Waals surface area contributed by atoms with Crippen molar-refractivity contribution in [3.63, 3.8) is 0 Å². The number of fused-ring (bicyclic) bond motifs is 23. The summed E-state index contributed by atoms with van der Waals surface area (Å²) >= 11 is 0. The molecule has 53 heavy (non-hydrogen) atoms. The average molecular weight is 726 g/mol. The molecule has 0 N–H and O–H groups in total. The van der Waals surface area contributed by atoms with Crippen molar-refractivity contribution in [2.75, 3.05) is 0 Å². The Morgan fingerprint density at radius 3 is 0.868 bits per heavy atom. The van der Waals surface area contributed by atoms with Crippen LogP contribution < -0.4 is 9.97 Å². The van der Waals surface area contributed by atoms with Crippen LogP contribution in [0.1, 0.15) is 0 Å². The Morgan fingerprint density at radius 2 is 0.547 bits per heavy atom. The molecule has 0 unspecified atom stereocenters. The van der Waals surface area contributed by atoms with Crippen LogP contribution in [0, 0.1) is 0 Å². The SMILES string of the molecule is [Cu+2].c1ccc2c(c1)-c1nc-2nc2[n-]c(nc3nc(nc4[n-]c(n1)c1cc5ccccc5cc41)-c1cc4ccccc4cc1-3)c1cc3ccccc3cc21. The molecule has 9 heteroatoms. The molecule has 2 aliphatic heterocycles. The fourth-order valence-corrected chi connectivity index (χ4v) is 7.67. The van der Waals surface area contributed by atoms with Crippen molar-refractivity contribution in [3.8, 4) is 45.6 Å². The first-order chi connectivity index (χ1) is 25.7. The summed E-state index contributed by atoms with van der Waals surface area (Å²) in [5.74, 6) is 2.15. The molecule has 0 saturated heterocycles. The van der Waals surface area contributed by atoms with E-state index in [4.69, 9.17) is 39.9 Å². The standard InChI is InChI=1S/C44H22N8.Cu/c1-3-11-25-19-33-31(17-23(25)9-1)39-46-37-29-15-7-8-16-30(29)38(45-37)47-40-32-18-24-10-2-4-12-26(24)20-34(32)42(49-40)51-44-36-22-28-14-6-5-13-27(28)21-35(36)43(52-44)50-41(33)48-39;/h1-22H;/q-2;+2. The number of benzene rings is 7. The molecule has 2 aliphatic rings. The molecule has 0 aliphatic carbocycles. The van der Waals surface area contributed by atoms with Gasteiger partial charge in [-0.1, -0.05) is 97.1 Å². The monoisotopic (exact) mass is 725 g/mol. The Balaban J connectivity index is 0.00000331. The molecular weight excluding hydrogens is 704 g/mol. The summed E-state index contributed by atoms with van der Waals surface area (Å²) in [4.78, 5) is 41.0. The van der Waals surface area contributed by atoms with Gasteiger partial charge in [-0.3, -0.25) is 0 Å². The van der Waals surface area contributed by atoms with E-state index in [9.17, 15) is 0 Å². The first-order valence-electron chi connectivity index (χ1n) is 17.1. The van der Waals surface area contributed by atoms with Crippen molar-refractivity contribution in [3.05, 3.63) is 133 Å². The van der Waals surface area contributed by atoms with Crippen LogP contribution in [0.5, 0.6) is 0 Å². The Morgan fingerprint density at radius 1 is 0.283 bits per heavy atom. The van der Waals surface area contributed by atoms with Crippen LogP contribution in [0.15, 0.2) is 133 Å². The average Bonchev–Trinajstić information content (AvgIpc) is 3.90. The summed E-state index contributed by atoms with van der Waals surface area (Å²) in [6.07, 6.45) is 0. The summed E-state index contributed by atoms with van der Waals surface area (Å²) < 4.78 is 0. The third-order valence-electron chi connectivity index (χ3n) is 10.2. The summed E-state index contributed by atoms with van der Waals surface area (Å²) in [6.45, 7) is 0. The molecule has 8 nitrogen and oxygen atoms in total. The summed E-state index contributed by atoms with van der Waals surface area (Å²) in [6, 6.07) is 45.7. The van der Waals surface area contributed by atoms with Crippen molar-refractivity contribution in [2.24, 2.45) is 0 Å². The van der Waals surface area contributed by atoms with Crippen LogP contribution in [0.4, 0.5) is 0 Å². The zero-order chi connectivity index (χ0) is 33.9. The van der Waals surface area contributed by atoms with Gasteiger partial charge in [0.1, 0.15) is 0 Å². The Kier molecular flexibility index (Phi) is 6.26. The summed E-state index contributed by atoms with van der Waals surface area (Å²) in [5.41, 5.74) is 5.69. The van der Waals surface area contributed by atoms with Gasteiger partial charge in [-0.05, 0) is 90.3 Å². The van der Waals surface area contributed by atoms with Gasteiger partial charge in [-0.25, -0.2) is 9.97 Å². The van der Waals surface area contributed by atoms with E-state index >= 15 is 0 Å². The maximum absolute atomic E-state index is 5.20. The van der Waals surface area contributed by atoms with E-state index in [1.54, 1.807) is 0 Å².